The maximum Gasteiger partial charge on any atom is 0.240 e. The molecule has 0 aliphatic carbocycles. The van der Waals surface area contributed by atoms with Gasteiger partial charge in [0.25, 0.3) is 0 Å². The molecule has 2 aromatic heterocycles. The second-order valence-electron chi connectivity index (χ2n) is 5.84. The van der Waals surface area contributed by atoms with Crippen molar-refractivity contribution in [3.63, 3.8) is 0 Å². The molecule has 0 unspecified atom stereocenters. The molecular weight excluding hydrogens is 354 g/mol. The van der Waals surface area contributed by atoms with Gasteiger partial charge >= 0.3 is 0 Å². The van der Waals surface area contributed by atoms with Gasteiger partial charge in [0, 0.05) is 32.8 Å². The Labute approximate surface area is 152 Å². The number of rotatable bonds is 6. The summed E-state index contributed by atoms with van der Waals surface area (Å²) in [5, 5.41) is 0. The molecule has 3 rings (SSSR count). The van der Waals surface area contributed by atoms with Gasteiger partial charge in [0.05, 0.1) is 17.1 Å². The minimum absolute atomic E-state index is 0.0793. The number of hydrogen-bond donors (Lipinski definition) is 1. The van der Waals surface area contributed by atoms with Crippen molar-refractivity contribution in [3.05, 3.63) is 54.4 Å². The lowest BCUT2D eigenvalue weighted by molar-refractivity contribution is 0.521. The Morgan fingerprint density at radius 3 is 2.46 bits per heavy atom. The molecule has 0 aliphatic rings. The third kappa shape index (κ3) is 4.06. The average Bonchev–Trinajstić information content (AvgIpc) is 3.07. The van der Waals surface area contributed by atoms with Crippen LogP contribution in [-0.4, -0.2) is 37.5 Å². The molecule has 0 atom stereocenters. The van der Waals surface area contributed by atoms with Crippen LogP contribution in [0.25, 0.3) is 11.3 Å². The van der Waals surface area contributed by atoms with E-state index in [1.54, 1.807) is 36.2 Å². The lowest BCUT2D eigenvalue weighted by atomic mass is 10.2. The number of sulfonamides is 1. The molecule has 2 heterocycles. The normalized spacial score (nSPS) is 11.5. The van der Waals surface area contributed by atoms with E-state index in [-0.39, 0.29) is 11.4 Å². The van der Waals surface area contributed by atoms with E-state index in [1.165, 1.54) is 18.4 Å². The Kier molecular flexibility index (Phi) is 5.01. The topological polar surface area (TPSA) is 101 Å². The van der Waals surface area contributed by atoms with Crippen molar-refractivity contribution in [2.24, 2.45) is 0 Å². The maximum atomic E-state index is 12.5. The van der Waals surface area contributed by atoms with Gasteiger partial charge in [-0.3, -0.25) is 0 Å². The van der Waals surface area contributed by atoms with E-state index in [0.29, 0.717) is 23.2 Å². The molecule has 0 spiro atoms. The third-order valence-corrected chi connectivity index (χ3v) is 5.04. The Morgan fingerprint density at radius 2 is 1.85 bits per heavy atom. The zero-order valence-corrected chi connectivity index (χ0v) is 15.5. The summed E-state index contributed by atoms with van der Waals surface area (Å²) >= 11 is 0. The monoisotopic (exact) mass is 373 g/mol. The summed E-state index contributed by atoms with van der Waals surface area (Å²) in [6, 6.07) is 8.13. The number of oxazole rings is 1. The zero-order valence-electron chi connectivity index (χ0n) is 14.7. The van der Waals surface area contributed by atoms with Gasteiger partial charge in [-0.15, -0.1) is 0 Å². The minimum atomic E-state index is -3.65. The molecule has 0 amide bonds. The molecular formula is C17H19N5O3S. The van der Waals surface area contributed by atoms with Crippen LogP contribution >= 0.6 is 0 Å². The first-order chi connectivity index (χ1) is 12.3. The van der Waals surface area contributed by atoms with E-state index < -0.39 is 10.0 Å². The molecule has 0 saturated carbocycles. The Morgan fingerprint density at radius 1 is 1.12 bits per heavy atom. The van der Waals surface area contributed by atoms with Crippen molar-refractivity contribution in [3.8, 4) is 11.3 Å². The van der Waals surface area contributed by atoms with Crippen LogP contribution in [0.3, 0.4) is 0 Å². The van der Waals surface area contributed by atoms with Gasteiger partial charge in [0.1, 0.15) is 12.0 Å². The second kappa shape index (κ2) is 7.22. The van der Waals surface area contributed by atoms with Crippen molar-refractivity contribution in [2.45, 2.75) is 18.4 Å². The Hall–Kier alpha value is -2.78. The maximum absolute atomic E-state index is 12.5. The molecule has 0 aliphatic heterocycles. The van der Waals surface area contributed by atoms with Crippen LogP contribution in [-0.2, 0) is 16.6 Å². The molecule has 8 nitrogen and oxygen atoms in total. The van der Waals surface area contributed by atoms with Crippen LogP contribution in [0.5, 0.6) is 0 Å². The van der Waals surface area contributed by atoms with Crippen LogP contribution in [0.2, 0.25) is 0 Å². The summed E-state index contributed by atoms with van der Waals surface area (Å²) in [4.78, 5) is 14.5. The lowest BCUT2D eigenvalue weighted by Gasteiger charge is -2.11. The summed E-state index contributed by atoms with van der Waals surface area (Å²) in [5.74, 6) is 1.08. The molecule has 1 aromatic carbocycles. The van der Waals surface area contributed by atoms with Crippen molar-refractivity contribution in [1.29, 1.82) is 0 Å². The standard InChI is InChI=1S/C17H19N5O3S/c1-12-20-16(11-25-12)13-4-6-15(7-5-13)26(23,24)19-10-14-8-9-18-17(21-14)22(2)3/h4-9,11,19H,10H2,1-3H3. The molecule has 0 saturated heterocycles. The molecule has 26 heavy (non-hydrogen) atoms. The smallest absolute Gasteiger partial charge is 0.240 e. The Balaban J connectivity index is 1.73. The van der Waals surface area contributed by atoms with E-state index >= 15 is 0 Å². The second-order valence-corrected chi connectivity index (χ2v) is 7.61. The summed E-state index contributed by atoms with van der Waals surface area (Å²) in [6.07, 6.45) is 3.13. The van der Waals surface area contributed by atoms with Crippen LogP contribution in [0.1, 0.15) is 11.6 Å². The first-order valence-corrected chi connectivity index (χ1v) is 9.35. The molecule has 1 N–H and O–H groups in total. The van der Waals surface area contributed by atoms with E-state index in [1.807, 2.05) is 14.1 Å². The van der Waals surface area contributed by atoms with E-state index in [9.17, 15) is 8.42 Å². The van der Waals surface area contributed by atoms with Crippen LogP contribution in [0.15, 0.2) is 52.1 Å². The molecule has 0 radical (unpaired) electrons. The van der Waals surface area contributed by atoms with Crippen molar-refractivity contribution >= 4 is 16.0 Å². The fourth-order valence-corrected chi connectivity index (χ4v) is 3.25. The highest BCUT2D eigenvalue weighted by Crippen LogP contribution is 2.20. The predicted octanol–water partition coefficient (Wildman–Crippen LogP) is 1.98. The quantitative estimate of drug-likeness (QED) is 0.705. The van der Waals surface area contributed by atoms with Gasteiger partial charge in [-0.2, -0.15) is 0 Å². The SMILES string of the molecule is Cc1nc(-c2ccc(S(=O)(=O)NCc3ccnc(N(C)C)n3)cc2)co1. The molecule has 0 fully saturated rings. The van der Waals surface area contributed by atoms with Crippen molar-refractivity contribution in [2.75, 3.05) is 19.0 Å². The van der Waals surface area contributed by atoms with Crippen LogP contribution < -0.4 is 9.62 Å². The summed E-state index contributed by atoms with van der Waals surface area (Å²) < 4.78 is 32.7. The number of aryl methyl sites for hydroxylation is 1. The first kappa shape index (κ1) is 18.0. The average molecular weight is 373 g/mol. The van der Waals surface area contributed by atoms with Gasteiger partial charge in [0.15, 0.2) is 5.89 Å². The predicted molar refractivity (Wildman–Crippen MR) is 97.1 cm³/mol. The highest BCUT2D eigenvalue weighted by atomic mass is 32.2. The molecule has 136 valence electrons. The minimum Gasteiger partial charge on any atom is -0.449 e. The fraction of sp³-hybridized carbons (Fsp3) is 0.235. The van der Waals surface area contributed by atoms with Gasteiger partial charge in [-0.05, 0) is 18.2 Å². The number of aromatic nitrogens is 3. The zero-order chi connectivity index (χ0) is 18.7. The number of nitrogens with zero attached hydrogens (tertiary/aromatic N) is 4. The Bertz CT molecular complexity index is 997. The molecule has 9 heteroatoms. The first-order valence-electron chi connectivity index (χ1n) is 7.86. The fourth-order valence-electron chi connectivity index (χ4n) is 2.25. The highest BCUT2D eigenvalue weighted by Gasteiger charge is 2.15. The third-order valence-electron chi connectivity index (χ3n) is 3.62. The summed E-state index contributed by atoms with van der Waals surface area (Å²) in [7, 11) is -0.0119. The van der Waals surface area contributed by atoms with E-state index in [2.05, 4.69) is 19.7 Å². The van der Waals surface area contributed by atoms with Crippen LogP contribution in [0, 0.1) is 6.92 Å². The van der Waals surface area contributed by atoms with Gasteiger partial charge in [0.2, 0.25) is 16.0 Å². The van der Waals surface area contributed by atoms with Crippen molar-refractivity contribution < 1.29 is 12.8 Å². The van der Waals surface area contributed by atoms with Crippen molar-refractivity contribution in [1.82, 2.24) is 19.7 Å². The van der Waals surface area contributed by atoms with E-state index in [4.69, 9.17) is 4.42 Å². The van der Waals surface area contributed by atoms with Gasteiger partial charge in [-0.25, -0.2) is 28.1 Å². The lowest BCUT2D eigenvalue weighted by Crippen LogP contribution is -2.24. The number of hydrogen-bond acceptors (Lipinski definition) is 7. The van der Waals surface area contributed by atoms with Gasteiger partial charge in [-0.1, -0.05) is 12.1 Å². The largest absolute Gasteiger partial charge is 0.449 e. The number of anilines is 1. The molecule has 3 aromatic rings. The van der Waals surface area contributed by atoms with E-state index in [0.717, 1.165) is 5.56 Å². The molecule has 0 bridgehead atoms. The van der Waals surface area contributed by atoms with Gasteiger partial charge < -0.3 is 9.32 Å². The summed E-state index contributed by atoms with van der Waals surface area (Å²) in [5.41, 5.74) is 2.03. The highest BCUT2D eigenvalue weighted by molar-refractivity contribution is 7.89. The van der Waals surface area contributed by atoms with Crippen LogP contribution in [0.4, 0.5) is 5.95 Å². The number of nitrogens with one attached hydrogen (secondary N) is 1. The number of benzene rings is 1. The summed E-state index contributed by atoms with van der Waals surface area (Å²) in [6.45, 7) is 1.83.